The number of rotatable bonds is 4. The van der Waals surface area contributed by atoms with E-state index in [9.17, 15) is 4.79 Å². The van der Waals surface area contributed by atoms with Crippen LogP contribution in [0.4, 0.5) is 0 Å². The molecule has 0 fully saturated rings. The lowest BCUT2D eigenvalue weighted by Gasteiger charge is -2.14. The van der Waals surface area contributed by atoms with Gasteiger partial charge in [-0.2, -0.15) is 0 Å². The van der Waals surface area contributed by atoms with Crippen LogP contribution >= 0.6 is 0 Å². The van der Waals surface area contributed by atoms with Crippen molar-refractivity contribution < 1.29 is 9.47 Å². The minimum absolute atomic E-state index is 0.0540. The first-order valence-electron chi connectivity index (χ1n) is 6.38. The SMILES string of the molecule is COc1ccc(OC)c(-c2nc[nH]c(=O)c2C(C)C)c1. The van der Waals surface area contributed by atoms with Crippen LogP contribution in [0.2, 0.25) is 0 Å². The van der Waals surface area contributed by atoms with Crippen molar-refractivity contribution >= 4 is 0 Å². The fourth-order valence-electron chi connectivity index (χ4n) is 2.16. The Morgan fingerprint density at radius 3 is 2.55 bits per heavy atom. The topological polar surface area (TPSA) is 64.2 Å². The molecule has 5 heteroatoms. The van der Waals surface area contributed by atoms with E-state index in [2.05, 4.69) is 9.97 Å². The van der Waals surface area contributed by atoms with Gasteiger partial charge in [-0.3, -0.25) is 4.79 Å². The summed E-state index contributed by atoms with van der Waals surface area (Å²) in [5.74, 6) is 1.40. The maximum absolute atomic E-state index is 12.0. The molecule has 0 amide bonds. The highest BCUT2D eigenvalue weighted by molar-refractivity contribution is 5.71. The Labute approximate surface area is 117 Å². The van der Waals surface area contributed by atoms with Gasteiger partial charge in [0.05, 0.1) is 26.2 Å². The van der Waals surface area contributed by atoms with Crippen molar-refractivity contribution in [2.45, 2.75) is 19.8 Å². The molecule has 0 atom stereocenters. The van der Waals surface area contributed by atoms with E-state index in [-0.39, 0.29) is 11.5 Å². The van der Waals surface area contributed by atoms with E-state index in [1.165, 1.54) is 6.33 Å². The number of benzene rings is 1. The van der Waals surface area contributed by atoms with Crippen molar-refractivity contribution in [3.8, 4) is 22.8 Å². The lowest BCUT2D eigenvalue weighted by molar-refractivity contribution is 0.404. The minimum atomic E-state index is -0.130. The van der Waals surface area contributed by atoms with Gasteiger partial charge in [-0.15, -0.1) is 0 Å². The first kappa shape index (κ1) is 14.1. The van der Waals surface area contributed by atoms with Gasteiger partial charge in [0.15, 0.2) is 0 Å². The van der Waals surface area contributed by atoms with Crippen LogP contribution in [0.3, 0.4) is 0 Å². The number of nitrogens with one attached hydrogen (secondary N) is 1. The second-order valence-electron chi connectivity index (χ2n) is 4.71. The summed E-state index contributed by atoms with van der Waals surface area (Å²) in [5, 5.41) is 0. The highest BCUT2D eigenvalue weighted by atomic mass is 16.5. The van der Waals surface area contributed by atoms with Crippen molar-refractivity contribution in [2.24, 2.45) is 0 Å². The first-order valence-corrected chi connectivity index (χ1v) is 6.38. The van der Waals surface area contributed by atoms with E-state index in [0.29, 0.717) is 22.8 Å². The Morgan fingerprint density at radius 2 is 1.95 bits per heavy atom. The number of hydrogen-bond acceptors (Lipinski definition) is 4. The molecule has 0 radical (unpaired) electrons. The van der Waals surface area contributed by atoms with Gasteiger partial charge in [0.1, 0.15) is 11.5 Å². The van der Waals surface area contributed by atoms with Crippen molar-refractivity contribution in [3.63, 3.8) is 0 Å². The second kappa shape index (κ2) is 5.77. The Kier molecular flexibility index (Phi) is 4.08. The third-order valence-corrected chi connectivity index (χ3v) is 3.13. The molecule has 1 aromatic carbocycles. The van der Waals surface area contributed by atoms with E-state index in [1.54, 1.807) is 20.3 Å². The molecule has 0 saturated carbocycles. The average molecular weight is 274 g/mol. The first-order chi connectivity index (χ1) is 9.58. The Bertz CT molecular complexity index is 662. The van der Waals surface area contributed by atoms with E-state index < -0.39 is 0 Å². The number of aromatic amines is 1. The summed E-state index contributed by atoms with van der Waals surface area (Å²) < 4.78 is 10.6. The lowest BCUT2D eigenvalue weighted by atomic mass is 9.97. The predicted octanol–water partition coefficient (Wildman–Crippen LogP) is 2.58. The summed E-state index contributed by atoms with van der Waals surface area (Å²) in [6, 6.07) is 5.44. The normalized spacial score (nSPS) is 10.7. The van der Waals surface area contributed by atoms with Gasteiger partial charge in [-0.05, 0) is 24.1 Å². The van der Waals surface area contributed by atoms with Gasteiger partial charge in [0, 0.05) is 11.1 Å². The Balaban J connectivity index is 2.73. The van der Waals surface area contributed by atoms with Crippen LogP contribution in [0.1, 0.15) is 25.3 Å². The van der Waals surface area contributed by atoms with Crippen LogP contribution < -0.4 is 15.0 Å². The standard InChI is InChI=1S/C15H18N2O3/c1-9(2)13-14(16-8-17-15(13)18)11-7-10(19-3)5-6-12(11)20-4/h5-9H,1-4H3,(H,16,17,18). The van der Waals surface area contributed by atoms with Crippen LogP contribution in [0, 0.1) is 0 Å². The summed E-state index contributed by atoms with van der Waals surface area (Å²) in [6.07, 6.45) is 1.41. The number of methoxy groups -OCH3 is 2. The lowest BCUT2D eigenvalue weighted by Crippen LogP contribution is -2.16. The van der Waals surface area contributed by atoms with Crippen molar-refractivity contribution in [2.75, 3.05) is 14.2 Å². The zero-order valence-electron chi connectivity index (χ0n) is 12.1. The predicted molar refractivity (Wildman–Crippen MR) is 77.5 cm³/mol. The maximum atomic E-state index is 12.0. The minimum Gasteiger partial charge on any atom is -0.497 e. The van der Waals surface area contributed by atoms with Gasteiger partial charge >= 0.3 is 0 Å². The van der Waals surface area contributed by atoms with E-state index in [0.717, 1.165) is 5.56 Å². The summed E-state index contributed by atoms with van der Waals surface area (Å²) in [4.78, 5) is 19.0. The fraction of sp³-hybridized carbons (Fsp3) is 0.333. The van der Waals surface area contributed by atoms with Crippen LogP contribution in [0.15, 0.2) is 29.3 Å². The van der Waals surface area contributed by atoms with Crippen molar-refractivity contribution in [1.29, 1.82) is 0 Å². The van der Waals surface area contributed by atoms with E-state index in [1.807, 2.05) is 26.0 Å². The molecular weight excluding hydrogens is 256 g/mol. The molecule has 1 N–H and O–H groups in total. The summed E-state index contributed by atoms with van der Waals surface area (Å²) in [6.45, 7) is 3.92. The molecule has 0 aliphatic carbocycles. The summed E-state index contributed by atoms with van der Waals surface area (Å²) in [7, 11) is 3.19. The van der Waals surface area contributed by atoms with Gasteiger partial charge in [0.2, 0.25) is 0 Å². The molecule has 2 rings (SSSR count). The number of aromatic nitrogens is 2. The number of nitrogens with zero attached hydrogens (tertiary/aromatic N) is 1. The van der Waals surface area contributed by atoms with Gasteiger partial charge in [-0.25, -0.2) is 4.98 Å². The molecule has 0 aliphatic heterocycles. The number of hydrogen-bond donors (Lipinski definition) is 1. The molecule has 20 heavy (non-hydrogen) atoms. The highest BCUT2D eigenvalue weighted by Crippen LogP contribution is 2.34. The fourth-order valence-corrected chi connectivity index (χ4v) is 2.16. The molecule has 0 unspecified atom stereocenters. The monoisotopic (exact) mass is 274 g/mol. The van der Waals surface area contributed by atoms with Gasteiger partial charge in [-0.1, -0.05) is 13.8 Å². The molecule has 5 nitrogen and oxygen atoms in total. The zero-order valence-corrected chi connectivity index (χ0v) is 12.1. The average Bonchev–Trinajstić information content (AvgIpc) is 2.45. The Hall–Kier alpha value is -2.30. The second-order valence-corrected chi connectivity index (χ2v) is 4.71. The van der Waals surface area contributed by atoms with E-state index in [4.69, 9.17) is 9.47 Å². The van der Waals surface area contributed by atoms with Crippen LogP contribution in [-0.2, 0) is 0 Å². The molecule has 0 aliphatic rings. The molecule has 0 saturated heterocycles. The third-order valence-electron chi connectivity index (χ3n) is 3.13. The molecule has 1 heterocycles. The quantitative estimate of drug-likeness (QED) is 0.930. The summed E-state index contributed by atoms with van der Waals surface area (Å²) in [5.41, 5.74) is 1.88. The highest BCUT2D eigenvalue weighted by Gasteiger charge is 2.18. The van der Waals surface area contributed by atoms with Gasteiger partial charge in [0.25, 0.3) is 5.56 Å². The molecule has 1 aromatic heterocycles. The van der Waals surface area contributed by atoms with Crippen LogP contribution in [0.25, 0.3) is 11.3 Å². The third kappa shape index (κ3) is 2.52. The number of ether oxygens (including phenoxy) is 2. The molecular formula is C15H18N2O3. The van der Waals surface area contributed by atoms with Crippen LogP contribution in [-0.4, -0.2) is 24.2 Å². The molecule has 106 valence electrons. The summed E-state index contributed by atoms with van der Waals surface area (Å²) >= 11 is 0. The molecule has 0 spiro atoms. The molecule has 2 aromatic rings. The van der Waals surface area contributed by atoms with Crippen molar-refractivity contribution in [3.05, 3.63) is 40.4 Å². The van der Waals surface area contributed by atoms with Gasteiger partial charge < -0.3 is 14.5 Å². The zero-order chi connectivity index (χ0) is 14.7. The van der Waals surface area contributed by atoms with E-state index >= 15 is 0 Å². The van der Waals surface area contributed by atoms with Crippen LogP contribution in [0.5, 0.6) is 11.5 Å². The molecule has 0 bridgehead atoms. The van der Waals surface area contributed by atoms with Crippen molar-refractivity contribution in [1.82, 2.24) is 9.97 Å². The maximum Gasteiger partial charge on any atom is 0.254 e. The Morgan fingerprint density at radius 1 is 1.20 bits per heavy atom. The number of H-pyrrole nitrogens is 1. The largest absolute Gasteiger partial charge is 0.497 e. The smallest absolute Gasteiger partial charge is 0.254 e.